The van der Waals surface area contributed by atoms with Crippen LogP contribution in [-0.2, 0) is 0 Å². The van der Waals surface area contributed by atoms with Gasteiger partial charge in [0.15, 0.2) is 0 Å². The van der Waals surface area contributed by atoms with Crippen molar-refractivity contribution >= 4 is 16.8 Å². The van der Waals surface area contributed by atoms with E-state index < -0.39 is 0 Å². The first kappa shape index (κ1) is 14.2. The quantitative estimate of drug-likeness (QED) is 0.875. The summed E-state index contributed by atoms with van der Waals surface area (Å²) in [7, 11) is 0. The van der Waals surface area contributed by atoms with Gasteiger partial charge in [-0.1, -0.05) is 38.8 Å². The summed E-state index contributed by atoms with van der Waals surface area (Å²) in [6.07, 6.45) is 6.74. The number of H-pyrrole nitrogens is 1. The summed E-state index contributed by atoms with van der Waals surface area (Å²) >= 11 is 0. The Morgan fingerprint density at radius 3 is 2.86 bits per heavy atom. The monoisotopic (exact) mass is 284 g/mol. The van der Waals surface area contributed by atoms with Crippen LogP contribution >= 0.6 is 0 Å². The topological polar surface area (TPSA) is 44.9 Å². The van der Waals surface area contributed by atoms with Crippen molar-refractivity contribution in [2.24, 2.45) is 11.8 Å². The molecule has 1 aliphatic rings. The van der Waals surface area contributed by atoms with Crippen molar-refractivity contribution in [3.8, 4) is 0 Å². The number of carbonyl (C=O) groups is 1. The standard InChI is InChI=1S/C18H24N2O/c1-12(2)14-7-3-4-9-16(14)20-18(21)15-8-5-6-13-10-11-19-17(13)15/h5-6,8,10-12,14,16,19H,3-4,7,9H2,1-2H3,(H,20,21). The molecule has 2 atom stereocenters. The van der Waals surface area contributed by atoms with Gasteiger partial charge < -0.3 is 10.3 Å². The normalized spacial score (nSPS) is 22.6. The van der Waals surface area contributed by atoms with Crippen molar-refractivity contribution in [3.05, 3.63) is 36.0 Å². The lowest BCUT2D eigenvalue weighted by atomic mass is 9.78. The predicted molar refractivity (Wildman–Crippen MR) is 86.3 cm³/mol. The molecule has 21 heavy (non-hydrogen) atoms. The fourth-order valence-corrected chi connectivity index (χ4v) is 3.66. The molecule has 2 N–H and O–H groups in total. The zero-order valence-electron chi connectivity index (χ0n) is 12.9. The number of para-hydroxylation sites is 1. The van der Waals surface area contributed by atoms with Gasteiger partial charge in [-0.3, -0.25) is 4.79 Å². The van der Waals surface area contributed by atoms with Crippen LogP contribution in [0.1, 0.15) is 49.9 Å². The first-order valence-corrected chi connectivity index (χ1v) is 8.04. The summed E-state index contributed by atoms with van der Waals surface area (Å²) in [6.45, 7) is 4.53. The number of hydrogen-bond donors (Lipinski definition) is 2. The Balaban J connectivity index is 1.80. The summed E-state index contributed by atoms with van der Waals surface area (Å²) in [5, 5.41) is 4.38. The molecule has 0 aliphatic heterocycles. The summed E-state index contributed by atoms with van der Waals surface area (Å²) in [6, 6.07) is 8.20. The maximum Gasteiger partial charge on any atom is 0.253 e. The molecule has 3 nitrogen and oxygen atoms in total. The Labute approximate surface area is 126 Å². The molecule has 1 fully saturated rings. The van der Waals surface area contributed by atoms with Crippen LogP contribution in [0.5, 0.6) is 0 Å². The van der Waals surface area contributed by atoms with Crippen molar-refractivity contribution in [2.75, 3.05) is 0 Å². The smallest absolute Gasteiger partial charge is 0.253 e. The second-order valence-electron chi connectivity index (χ2n) is 6.52. The van der Waals surface area contributed by atoms with Crippen LogP contribution in [0.25, 0.3) is 10.9 Å². The molecule has 1 aromatic heterocycles. The predicted octanol–water partition coefficient (Wildman–Crippen LogP) is 4.11. The van der Waals surface area contributed by atoms with Crippen LogP contribution in [0, 0.1) is 11.8 Å². The van der Waals surface area contributed by atoms with E-state index in [-0.39, 0.29) is 5.91 Å². The average molecular weight is 284 g/mol. The SMILES string of the molecule is CC(C)C1CCCCC1NC(=O)c1cccc2cc[nH]c12. The van der Waals surface area contributed by atoms with Crippen molar-refractivity contribution in [2.45, 2.75) is 45.6 Å². The number of aromatic nitrogens is 1. The number of rotatable bonds is 3. The van der Waals surface area contributed by atoms with Crippen molar-refractivity contribution in [3.63, 3.8) is 0 Å². The molecule has 1 aliphatic carbocycles. The van der Waals surface area contributed by atoms with Crippen LogP contribution in [-0.4, -0.2) is 16.9 Å². The summed E-state index contributed by atoms with van der Waals surface area (Å²) < 4.78 is 0. The van der Waals surface area contributed by atoms with Gasteiger partial charge in [0.05, 0.1) is 11.1 Å². The lowest BCUT2D eigenvalue weighted by Gasteiger charge is -2.35. The molecule has 0 saturated heterocycles. The Bertz CT molecular complexity index is 629. The highest BCUT2D eigenvalue weighted by Crippen LogP contribution is 2.30. The van der Waals surface area contributed by atoms with E-state index in [2.05, 4.69) is 24.1 Å². The fraction of sp³-hybridized carbons (Fsp3) is 0.500. The molecule has 0 bridgehead atoms. The van der Waals surface area contributed by atoms with Gasteiger partial charge in [0.1, 0.15) is 0 Å². The maximum atomic E-state index is 12.7. The highest BCUT2D eigenvalue weighted by Gasteiger charge is 2.29. The van der Waals surface area contributed by atoms with E-state index in [4.69, 9.17) is 0 Å². The zero-order chi connectivity index (χ0) is 14.8. The Hall–Kier alpha value is -1.77. The molecular weight excluding hydrogens is 260 g/mol. The second-order valence-corrected chi connectivity index (χ2v) is 6.52. The zero-order valence-corrected chi connectivity index (χ0v) is 12.9. The molecule has 1 heterocycles. The molecule has 1 saturated carbocycles. The number of fused-ring (bicyclic) bond motifs is 1. The number of amides is 1. The molecule has 0 spiro atoms. The number of nitrogens with one attached hydrogen (secondary N) is 2. The Kier molecular flexibility index (Phi) is 4.00. The van der Waals surface area contributed by atoms with Crippen LogP contribution < -0.4 is 5.32 Å². The lowest BCUT2D eigenvalue weighted by Crippen LogP contribution is -2.44. The second kappa shape index (κ2) is 5.92. The minimum absolute atomic E-state index is 0.0561. The minimum atomic E-state index is 0.0561. The third-order valence-corrected chi connectivity index (χ3v) is 4.82. The van der Waals surface area contributed by atoms with Crippen molar-refractivity contribution in [1.29, 1.82) is 0 Å². The molecular formula is C18H24N2O. The van der Waals surface area contributed by atoms with Crippen molar-refractivity contribution < 1.29 is 4.79 Å². The summed E-state index contributed by atoms with van der Waals surface area (Å²) in [5.74, 6) is 1.28. The van der Waals surface area contributed by atoms with Crippen LogP contribution in [0.3, 0.4) is 0 Å². The molecule has 112 valence electrons. The van der Waals surface area contributed by atoms with Gasteiger partial charge in [-0.25, -0.2) is 0 Å². The van der Waals surface area contributed by atoms with Crippen molar-refractivity contribution in [1.82, 2.24) is 10.3 Å². The van der Waals surface area contributed by atoms with E-state index in [9.17, 15) is 4.79 Å². The van der Waals surface area contributed by atoms with Gasteiger partial charge in [0.2, 0.25) is 0 Å². The van der Waals surface area contributed by atoms with E-state index >= 15 is 0 Å². The Morgan fingerprint density at radius 1 is 1.24 bits per heavy atom. The largest absolute Gasteiger partial charge is 0.361 e. The van der Waals surface area contributed by atoms with Gasteiger partial charge in [-0.2, -0.15) is 0 Å². The van der Waals surface area contributed by atoms with Gasteiger partial charge in [0, 0.05) is 17.6 Å². The van der Waals surface area contributed by atoms with E-state index in [1.165, 1.54) is 19.3 Å². The molecule has 2 aromatic rings. The lowest BCUT2D eigenvalue weighted by molar-refractivity contribution is 0.0890. The van der Waals surface area contributed by atoms with E-state index in [0.29, 0.717) is 17.9 Å². The molecule has 2 unspecified atom stereocenters. The number of carbonyl (C=O) groups excluding carboxylic acids is 1. The van der Waals surface area contributed by atoms with Crippen LogP contribution in [0.2, 0.25) is 0 Å². The third kappa shape index (κ3) is 2.82. The fourth-order valence-electron chi connectivity index (χ4n) is 3.66. The summed E-state index contributed by atoms with van der Waals surface area (Å²) in [5.41, 5.74) is 1.69. The molecule has 1 aromatic carbocycles. The Morgan fingerprint density at radius 2 is 2.05 bits per heavy atom. The van der Waals surface area contributed by atoms with Gasteiger partial charge in [-0.05, 0) is 36.8 Å². The van der Waals surface area contributed by atoms with Crippen LogP contribution in [0.15, 0.2) is 30.5 Å². The molecule has 0 radical (unpaired) electrons. The average Bonchev–Trinajstić information content (AvgIpc) is 2.95. The highest BCUT2D eigenvalue weighted by atomic mass is 16.1. The van der Waals surface area contributed by atoms with Gasteiger partial charge in [-0.15, -0.1) is 0 Å². The minimum Gasteiger partial charge on any atom is -0.361 e. The molecule has 3 heteroatoms. The first-order valence-electron chi connectivity index (χ1n) is 8.04. The van der Waals surface area contributed by atoms with E-state index in [1.54, 1.807) is 0 Å². The third-order valence-electron chi connectivity index (χ3n) is 4.82. The summed E-state index contributed by atoms with van der Waals surface area (Å²) in [4.78, 5) is 15.8. The van der Waals surface area contributed by atoms with Gasteiger partial charge in [0.25, 0.3) is 5.91 Å². The molecule has 3 rings (SSSR count). The van der Waals surface area contributed by atoms with E-state index in [0.717, 1.165) is 22.9 Å². The van der Waals surface area contributed by atoms with Gasteiger partial charge >= 0.3 is 0 Å². The maximum absolute atomic E-state index is 12.7. The van der Waals surface area contributed by atoms with Crippen LogP contribution in [0.4, 0.5) is 0 Å². The number of aromatic amines is 1. The molecule has 1 amide bonds. The first-order chi connectivity index (χ1) is 10.2. The highest BCUT2D eigenvalue weighted by molar-refractivity contribution is 6.05. The van der Waals surface area contributed by atoms with E-state index in [1.807, 2.05) is 30.5 Å². The number of benzene rings is 1. The number of hydrogen-bond acceptors (Lipinski definition) is 1.